The van der Waals surface area contributed by atoms with Crippen LogP contribution in [-0.4, -0.2) is 109 Å². The van der Waals surface area contributed by atoms with Gasteiger partial charge in [0.05, 0.1) is 17.9 Å². The fourth-order valence-electron chi connectivity index (χ4n) is 7.78. The van der Waals surface area contributed by atoms with Crippen molar-refractivity contribution in [3.63, 3.8) is 0 Å². The van der Waals surface area contributed by atoms with Crippen molar-refractivity contribution < 1.29 is 59.7 Å². The zero-order chi connectivity index (χ0) is 44.7. The van der Waals surface area contributed by atoms with E-state index in [2.05, 4.69) is 20.3 Å². The Labute approximate surface area is 357 Å². The number of aromatic nitrogens is 1. The van der Waals surface area contributed by atoms with Crippen molar-refractivity contribution >= 4 is 56.2 Å². The quantitative estimate of drug-likeness (QED) is 0.189. The number of carbonyl (C=O) groups is 4. The maximum atomic E-state index is 14.9. The first-order chi connectivity index (χ1) is 28.5. The third-order valence-corrected chi connectivity index (χ3v) is 14.6. The lowest BCUT2D eigenvalue weighted by molar-refractivity contribution is -0.244. The van der Waals surface area contributed by atoms with E-state index in [-0.39, 0.29) is 50.3 Å². The van der Waals surface area contributed by atoms with Crippen molar-refractivity contribution in [2.75, 3.05) is 26.9 Å². The van der Waals surface area contributed by atoms with E-state index in [1.165, 1.54) is 14.0 Å². The highest BCUT2D eigenvalue weighted by Gasteiger charge is 2.63. The summed E-state index contributed by atoms with van der Waals surface area (Å²) >= 11 is 6.56. The van der Waals surface area contributed by atoms with Gasteiger partial charge in [-0.15, -0.1) is 0 Å². The molecule has 20 heteroatoms. The number of pyridine rings is 1. The Hall–Kier alpha value is -4.36. The molecule has 3 fully saturated rings. The van der Waals surface area contributed by atoms with Crippen LogP contribution in [0.5, 0.6) is 11.8 Å². The van der Waals surface area contributed by atoms with Gasteiger partial charge in [-0.3, -0.25) is 19.1 Å². The number of alkyl carbamates (subject to hydrolysis) is 1. The van der Waals surface area contributed by atoms with Gasteiger partial charge in [-0.2, -0.15) is 18.2 Å². The highest BCUT2D eigenvalue weighted by Crippen LogP contribution is 2.48. The van der Waals surface area contributed by atoms with Crippen LogP contribution in [0, 0.1) is 17.8 Å². The number of carbonyl (C=O) groups excluding carboxylic acids is 4. The molecule has 1 aromatic carbocycles. The monoisotopic (exact) mass is 899 g/mol. The average molecular weight is 900 g/mol. The number of hydrogen-bond acceptors (Lipinski definition) is 11. The fraction of sp³-hybridized carbons (Fsp3) is 0.634. The summed E-state index contributed by atoms with van der Waals surface area (Å²) in [7, 11) is -2.59. The predicted molar refractivity (Wildman–Crippen MR) is 217 cm³/mol. The summed E-state index contributed by atoms with van der Waals surface area (Å²) in [5, 5.41) is 6.55. The topological polar surface area (TPSA) is 192 Å². The van der Waals surface area contributed by atoms with Gasteiger partial charge in [-0.1, -0.05) is 43.7 Å². The number of amides is 4. The van der Waals surface area contributed by atoms with Crippen LogP contribution < -0.4 is 24.8 Å². The number of nitrogens with zero attached hydrogens (tertiary/aromatic N) is 2. The number of methoxy groups -OCH3 is 1. The number of hydrogen-bond donors (Lipinski definition) is 3. The Morgan fingerprint density at radius 1 is 1.10 bits per heavy atom. The normalized spacial score (nSPS) is 28.6. The van der Waals surface area contributed by atoms with E-state index in [1.807, 2.05) is 13.0 Å². The van der Waals surface area contributed by atoms with Gasteiger partial charge >= 0.3 is 12.3 Å². The van der Waals surface area contributed by atoms with Crippen molar-refractivity contribution in [2.45, 2.75) is 120 Å². The molecule has 1 aromatic heterocycles. The molecule has 1 unspecified atom stereocenters. The number of ether oxygens (including phenoxy) is 4. The Kier molecular flexibility index (Phi) is 13.2. The minimum atomic E-state index is -4.93. The Bertz CT molecular complexity index is 2170. The van der Waals surface area contributed by atoms with Crippen LogP contribution in [-0.2, 0) is 33.9 Å². The molecule has 3 heterocycles. The standard InChI is InChI=1S/C41H53ClF3N5O10S/c1-23-10-7-8-11-25-21-40(25,36(53)49-61(55,56)39(5)14-15-39)48-33(51)30-19-26(59-34-27-12-9-13-29(42)28(27)20-31(46-34)58-17-16-57-6)22-50(30)35(52)32(24(2)18-23)47-37(54)60-38(3,4)41(43,44)45/h8-9,11-13,20,23-26,30,32H,7,10,14-19,21-22H2,1-6H3,(H,47,54)(H,48,51)(H,49,53)/b11-8-/t23-,24+,25?,26+,30-,32-,40+/m0/s1. The minimum Gasteiger partial charge on any atom is -0.475 e. The molecule has 3 N–H and O–H groups in total. The second kappa shape index (κ2) is 17.4. The van der Waals surface area contributed by atoms with E-state index in [1.54, 1.807) is 37.3 Å². The number of alkyl halides is 3. The summed E-state index contributed by atoms with van der Waals surface area (Å²) in [6, 6.07) is 3.85. The molecule has 15 nitrogen and oxygen atoms in total. The van der Waals surface area contributed by atoms with Crippen LogP contribution >= 0.6 is 11.6 Å². The molecule has 336 valence electrons. The number of fused-ring (bicyclic) bond motifs is 3. The van der Waals surface area contributed by atoms with Gasteiger partial charge < -0.3 is 34.5 Å². The van der Waals surface area contributed by atoms with Crippen LogP contribution in [0.15, 0.2) is 36.4 Å². The molecule has 0 radical (unpaired) electrons. The van der Waals surface area contributed by atoms with E-state index in [0.717, 1.165) is 4.90 Å². The first kappa shape index (κ1) is 46.2. The van der Waals surface area contributed by atoms with Gasteiger partial charge in [0.1, 0.15) is 30.3 Å². The minimum absolute atomic E-state index is 0.0593. The molecule has 61 heavy (non-hydrogen) atoms. The van der Waals surface area contributed by atoms with Gasteiger partial charge in [-0.05, 0) is 83.3 Å². The number of nitrogens with one attached hydrogen (secondary N) is 3. The summed E-state index contributed by atoms with van der Waals surface area (Å²) in [4.78, 5) is 62.3. The Morgan fingerprint density at radius 2 is 1.82 bits per heavy atom. The lowest BCUT2D eigenvalue weighted by atomic mass is 9.88. The number of allylic oxidation sites excluding steroid dienone is 1. The maximum Gasteiger partial charge on any atom is 0.427 e. The molecule has 1 saturated heterocycles. The molecule has 6 rings (SSSR count). The number of halogens is 4. The van der Waals surface area contributed by atoms with Gasteiger partial charge in [0.2, 0.25) is 39.2 Å². The van der Waals surface area contributed by atoms with Crippen molar-refractivity contribution in [3.8, 4) is 11.8 Å². The largest absolute Gasteiger partial charge is 0.475 e. The molecule has 2 aliphatic carbocycles. The van der Waals surface area contributed by atoms with Crippen LogP contribution in [0.2, 0.25) is 5.02 Å². The summed E-state index contributed by atoms with van der Waals surface area (Å²) in [5.41, 5.74) is -4.58. The fourth-order valence-corrected chi connectivity index (χ4v) is 9.32. The third-order valence-electron chi connectivity index (χ3n) is 12.1. The van der Waals surface area contributed by atoms with Crippen LogP contribution in [0.3, 0.4) is 0 Å². The van der Waals surface area contributed by atoms with Gasteiger partial charge in [-0.25, -0.2) is 13.2 Å². The molecule has 2 aromatic rings. The van der Waals surface area contributed by atoms with E-state index < -0.39 is 85.9 Å². The van der Waals surface area contributed by atoms with E-state index in [9.17, 15) is 40.8 Å². The van der Waals surface area contributed by atoms with Crippen molar-refractivity contribution in [1.29, 1.82) is 0 Å². The zero-order valence-electron chi connectivity index (χ0n) is 34.9. The summed E-state index contributed by atoms with van der Waals surface area (Å²) in [6.45, 7) is 6.63. The first-order valence-electron chi connectivity index (χ1n) is 20.3. The van der Waals surface area contributed by atoms with E-state index in [0.29, 0.717) is 61.7 Å². The van der Waals surface area contributed by atoms with E-state index in [4.69, 9.17) is 30.5 Å². The molecular weight excluding hydrogens is 847 g/mol. The molecule has 2 saturated carbocycles. The predicted octanol–water partition coefficient (Wildman–Crippen LogP) is 5.58. The molecule has 4 aliphatic rings. The van der Waals surface area contributed by atoms with Crippen molar-refractivity contribution in [2.24, 2.45) is 17.8 Å². The lowest BCUT2D eigenvalue weighted by Gasteiger charge is -2.34. The Morgan fingerprint density at radius 3 is 2.49 bits per heavy atom. The van der Waals surface area contributed by atoms with Gasteiger partial charge in [0, 0.05) is 41.3 Å². The van der Waals surface area contributed by atoms with E-state index >= 15 is 0 Å². The second-order valence-corrected chi connectivity index (χ2v) is 20.0. The Balaban J connectivity index is 1.37. The summed E-state index contributed by atoms with van der Waals surface area (Å²) in [5.74, 6) is -3.63. The summed E-state index contributed by atoms with van der Waals surface area (Å²) in [6.07, 6.45) is -1.64. The molecule has 4 amide bonds. The zero-order valence-corrected chi connectivity index (χ0v) is 36.5. The lowest BCUT2D eigenvalue weighted by Crippen LogP contribution is -2.59. The second-order valence-electron chi connectivity index (χ2n) is 17.4. The highest BCUT2D eigenvalue weighted by atomic mass is 35.5. The molecule has 0 bridgehead atoms. The smallest absolute Gasteiger partial charge is 0.427 e. The van der Waals surface area contributed by atoms with Crippen molar-refractivity contribution in [3.05, 3.63) is 41.4 Å². The SMILES string of the molecule is COCCOc1cc2c(Cl)cccc2c(O[C@@H]2C[C@H]3C(=O)N[C@]4(C(=O)NS(=O)(=O)C5(C)CC5)CC4/C=C\CC[C@H](C)C[C@@H](C)[C@H](NC(=O)OC(C)(C)C(F)(F)F)C(=O)N3C2)n1. The molecular formula is C41H53ClF3N5O10S. The van der Waals surface area contributed by atoms with Crippen LogP contribution in [0.1, 0.15) is 79.6 Å². The van der Waals surface area contributed by atoms with Crippen LogP contribution in [0.25, 0.3) is 10.8 Å². The van der Waals surface area contributed by atoms with Gasteiger partial charge in [0.25, 0.3) is 5.91 Å². The molecule has 7 atom stereocenters. The third kappa shape index (κ3) is 9.98. The molecule has 0 spiro atoms. The van der Waals surface area contributed by atoms with Gasteiger partial charge in [0.15, 0.2) is 0 Å². The summed E-state index contributed by atoms with van der Waals surface area (Å²) < 4.78 is 91.0. The number of rotatable bonds is 11. The number of sulfonamides is 1. The average Bonchev–Trinajstić information content (AvgIpc) is 4.05. The first-order valence-corrected chi connectivity index (χ1v) is 22.2. The number of benzene rings is 1. The molecule has 2 aliphatic heterocycles. The maximum absolute atomic E-state index is 14.9. The van der Waals surface area contributed by atoms with Crippen molar-refractivity contribution in [1.82, 2.24) is 25.2 Å². The van der Waals surface area contributed by atoms with Crippen LogP contribution in [0.4, 0.5) is 18.0 Å². The highest BCUT2D eigenvalue weighted by molar-refractivity contribution is 7.91.